The van der Waals surface area contributed by atoms with E-state index in [1.807, 2.05) is 0 Å². The second-order valence-electron chi connectivity index (χ2n) is 7.76. The molecule has 0 amide bonds. The van der Waals surface area contributed by atoms with E-state index in [0.717, 1.165) is 46.1 Å². The van der Waals surface area contributed by atoms with Gasteiger partial charge in [-0.15, -0.1) is 0 Å². The molecule has 0 spiro atoms. The summed E-state index contributed by atoms with van der Waals surface area (Å²) in [6.07, 6.45) is 0.292. The highest BCUT2D eigenvalue weighted by Crippen LogP contribution is 2.35. The molecule has 0 radical (unpaired) electrons. The fraction of sp³-hybridized carbons (Fsp3) is 0.435. The van der Waals surface area contributed by atoms with Crippen molar-refractivity contribution in [3.05, 3.63) is 46.5 Å². The molecule has 2 aliphatic heterocycles. The van der Waals surface area contributed by atoms with Gasteiger partial charge in [-0.25, -0.2) is 0 Å². The molecule has 2 aromatic rings. The Hall–Kier alpha value is -1.76. The van der Waals surface area contributed by atoms with E-state index in [2.05, 4.69) is 52.0 Å². The molecule has 0 aliphatic carbocycles. The average molecular weight is 431 g/mol. The lowest BCUT2D eigenvalue weighted by molar-refractivity contribution is 0.150. The Kier molecular flexibility index (Phi) is 6.04. The number of thiocarbonyl (C=S) groups is 1. The van der Waals surface area contributed by atoms with Gasteiger partial charge in [-0.2, -0.15) is 0 Å². The highest BCUT2D eigenvalue weighted by atomic mass is 32.2. The summed E-state index contributed by atoms with van der Waals surface area (Å²) in [5.41, 5.74) is 6.90. The van der Waals surface area contributed by atoms with Crippen molar-refractivity contribution in [3.8, 4) is 22.6 Å². The maximum Gasteiger partial charge on any atom is 0.220 e. The van der Waals surface area contributed by atoms with E-state index in [9.17, 15) is 0 Å². The van der Waals surface area contributed by atoms with E-state index in [4.69, 9.17) is 31.2 Å². The summed E-state index contributed by atoms with van der Waals surface area (Å²) >= 11 is 6.65. The lowest BCUT2D eigenvalue weighted by Gasteiger charge is -2.18. The SMILES string of the molecule is Cc1cc(-c2cc(C)c(OCC3CSC(=S)O3)c(C)c2)cc(C)c1OCC1CO1. The van der Waals surface area contributed by atoms with Crippen LogP contribution in [0.4, 0.5) is 0 Å². The molecule has 0 aromatic heterocycles. The number of hydrogen-bond donors (Lipinski definition) is 0. The van der Waals surface area contributed by atoms with Gasteiger partial charge in [0.05, 0.1) is 6.61 Å². The van der Waals surface area contributed by atoms with Crippen LogP contribution in [0.3, 0.4) is 0 Å². The smallest absolute Gasteiger partial charge is 0.220 e. The Morgan fingerprint density at radius 3 is 1.69 bits per heavy atom. The van der Waals surface area contributed by atoms with Gasteiger partial charge in [0.25, 0.3) is 0 Å². The minimum Gasteiger partial charge on any atom is -0.490 e. The zero-order chi connectivity index (χ0) is 20.5. The molecule has 4 rings (SSSR count). The molecule has 2 saturated heterocycles. The van der Waals surface area contributed by atoms with Gasteiger partial charge in [-0.3, -0.25) is 0 Å². The highest BCUT2D eigenvalue weighted by Gasteiger charge is 2.24. The van der Waals surface area contributed by atoms with Gasteiger partial charge >= 0.3 is 0 Å². The van der Waals surface area contributed by atoms with Gasteiger partial charge in [0.2, 0.25) is 4.38 Å². The van der Waals surface area contributed by atoms with E-state index in [1.165, 1.54) is 11.1 Å². The van der Waals surface area contributed by atoms with E-state index in [1.54, 1.807) is 11.8 Å². The summed E-state index contributed by atoms with van der Waals surface area (Å²) in [7, 11) is 0. The van der Waals surface area contributed by atoms with Crippen LogP contribution in [0.15, 0.2) is 24.3 Å². The molecule has 154 valence electrons. The number of epoxide rings is 1. The third kappa shape index (κ3) is 4.87. The summed E-state index contributed by atoms with van der Waals surface area (Å²) in [4.78, 5) is 0. The molecule has 2 heterocycles. The zero-order valence-electron chi connectivity index (χ0n) is 17.2. The Balaban J connectivity index is 1.51. The summed E-state index contributed by atoms with van der Waals surface area (Å²) in [6, 6.07) is 8.75. The fourth-order valence-electron chi connectivity index (χ4n) is 3.65. The van der Waals surface area contributed by atoms with Crippen LogP contribution >= 0.6 is 24.0 Å². The molecule has 0 N–H and O–H groups in total. The van der Waals surface area contributed by atoms with E-state index < -0.39 is 0 Å². The van der Waals surface area contributed by atoms with Gasteiger partial charge in [-0.1, -0.05) is 11.8 Å². The molecule has 0 bridgehead atoms. The van der Waals surface area contributed by atoms with Crippen molar-refractivity contribution in [2.45, 2.75) is 39.9 Å². The predicted molar refractivity (Wildman–Crippen MR) is 121 cm³/mol. The van der Waals surface area contributed by atoms with Gasteiger partial charge in [0.1, 0.15) is 36.9 Å². The van der Waals surface area contributed by atoms with Gasteiger partial charge in [0.15, 0.2) is 0 Å². The number of ether oxygens (including phenoxy) is 4. The molecule has 0 saturated carbocycles. The number of thioether (sulfide) groups is 1. The summed E-state index contributed by atoms with van der Waals surface area (Å²) in [5, 5.41) is 0. The largest absolute Gasteiger partial charge is 0.490 e. The van der Waals surface area contributed by atoms with Crippen LogP contribution in [0.1, 0.15) is 22.3 Å². The quantitative estimate of drug-likeness (QED) is 0.446. The van der Waals surface area contributed by atoms with Crippen molar-refractivity contribution in [2.24, 2.45) is 0 Å². The van der Waals surface area contributed by atoms with Crippen LogP contribution in [0.25, 0.3) is 11.1 Å². The average Bonchev–Trinajstić information content (AvgIpc) is 3.40. The van der Waals surface area contributed by atoms with Crippen molar-refractivity contribution in [3.63, 3.8) is 0 Å². The van der Waals surface area contributed by atoms with E-state index in [-0.39, 0.29) is 12.2 Å². The van der Waals surface area contributed by atoms with Crippen LogP contribution in [0.5, 0.6) is 11.5 Å². The fourth-order valence-corrected chi connectivity index (χ4v) is 4.68. The lowest BCUT2D eigenvalue weighted by atomic mass is 9.96. The second-order valence-corrected chi connectivity index (χ2v) is 9.38. The normalized spacial score (nSPS) is 20.5. The van der Waals surface area contributed by atoms with Gasteiger partial charge in [-0.05, 0) is 97.6 Å². The number of aryl methyl sites for hydroxylation is 4. The first-order valence-corrected chi connectivity index (χ1v) is 11.2. The molecule has 2 fully saturated rings. The zero-order valence-corrected chi connectivity index (χ0v) is 18.9. The van der Waals surface area contributed by atoms with Crippen LogP contribution in [-0.2, 0) is 9.47 Å². The molecular weight excluding hydrogens is 404 g/mol. The van der Waals surface area contributed by atoms with Crippen molar-refractivity contribution < 1.29 is 18.9 Å². The first-order valence-electron chi connectivity index (χ1n) is 9.84. The molecule has 29 heavy (non-hydrogen) atoms. The van der Waals surface area contributed by atoms with E-state index in [0.29, 0.717) is 17.6 Å². The maximum atomic E-state index is 6.09. The van der Waals surface area contributed by atoms with Crippen LogP contribution in [0, 0.1) is 27.7 Å². The van der Waals surface area contributed by atoms with Crippen molar-refractivity contribution in [2.75, 3.05) is 25.6 Å². The van der Waals surface area contributed by atoms with Crippen LogP contribution in [0.2, 0.25) is 0 Å². The third-order valence-corrected chi connectivity index (χ3v) is 6.45. The Morgan fingerprint density at radius 1 is 0.862 bits per heavy atom. The summed E-state index contributed by atoms with van der Waals surface area (Å²) < 4.78 is 23.5. The molecule has 2 aromatic carbocycles. The van der Waals surface area contributed by atoms with Gasteiger partial charge < -0.3 is 18.9 Å². The maximum absolute atomic E-state index is 6.09. The minimum absolute atomic E-state index is 0.0323. The minimum atomic E-state index is 0.0323. The molecule has 2 aliphatic rings. The first kappa shape index (κ1) is 20.5. The van der Waals surface area contributed by atoms with Crippen molar-refractivity contribution in [1.29, 1.82) is 0 Å². The second kappa shape index (κ2) is 8.54. The lowest BCUT2D eigenvalue weighted by Crippen LogP contribution is -2.20. The van der Waals surface area contributed by atoms with Crippen LogP contribution < -0.4 is 9.47 Å². The standard InChI is InChI=1S/C23H26O4S2/c1-13-5-17(6-14(2)21(13)25-10-19-9-24-19)18-7-15(3)22(16(4)8-18)26-11-20-12-29-23(28)27-20/h5-8,19-20H,9-12H2,1-4H3. The van der Waals surface area contributed by atoms with E-state index >= 15 is 0 Å². The molecule has 2 atom stereocenters. The predicted octanol–water partition coefficient (Wildman–Crippen LogP) is 5.16. The number of benzene rings is 2. The highest BCUT2D eigenvalue weighted by molar-refractivity contribution is 8.22. The summed E-state index contributed by atoms with van der Waals surface area (Å²) in [6.45, 7) is 10.3. The molecule has 2 unspecified atom stereocenters. The molecule has 6 heteroatoms. The Morgan fingerprint density at radius 2 is 1.31 bits per heavy atom. The first-order chi connectivity index (χ1) is 13.9. The topological polar surface area (TPSA) is 40.2 Å². The Labute approximate surface area is 181 Å². The number of rotatable bonds is 7. The number of hydrogen-bond acceptors (Lipinski definition) is 6. The molecular formula is C23H26O4S2. The van der Waals surface area contributed by atoms with Crippen molar-refractivity contribution >= 4 is 28.4 Å². The molecule has 4 nitrogen and oxygen atoms in total. The van der Waals surface area contributed by atoms with Crippen LogP contribution in [-0.4, -0.2) is 42.2 Å². The van der Waals surface area contributed by atoms with Crippen molar-refractivity contribution in [1.82, 2.24) is 0 Å². The summed E-state index contributed by atoms with van der Waals surface area (Å²) in [5.74, 6) is 2.75. The van der Waals surface area contributed by atoms with Gasteiger partial charge in [0, 0.05) is 5.75 Å². The third-order valence-electron chi connectivity index (χ3n) is 5.13. The monoisotopic (exact) mass is 430 g/mol. The Bertz CT molecular complexity index is 890.